The maximum atomic E-state index is 13.6. The van der Waals surface area contributed by atoms with Crippen molar-refractivity contribution in [3.63, 3.8) is 0 Å². The van der Waals surface area contributed by atoms with Gasteiger partial charge in [0.15, 0.2) is 11.5 Å². The van der Waals surface area contributed by atoms with E-state index in [0.717, 1.165) is 44.9 Å². The lowest BCUT2D eigenvalue weighted by atomic mass is 9.87. The molecule has 39 heavy (non-hydrogen) atoms. The Balaban J connectivity index is 1.97. The normalized spacial score (nSPS) is 21.1. The number of benzene rings is 1. The van der Waals surface area contributed by atoms with Gasteiger partial charge in [0, 0.05) is 36.6 Å². The molecule has 0 saturated heterocycles. The molecule has 1 aromatic carbocycles. The molecule has 0 aliphatic heterocycles. The fourth-order valence-electron chi connectivity index (χ4n) is 5.34. The summed E-state index contributed by atoms with van der Waals surface area (Å²) in [4.78, 5) is 39.8. The number of rotatable bonds is 14. The van der Waals surface area contributed by atoms with Crippen molar-refractivity contribution < 1.29 is 34.1 Å². The fourth-order valence-corrected chi connectivity index (χ4v) is 6.09. The van der Waals surface area contributed by atoms with E-state index >= 15 is 0 Å². The molecule has 0 heterocycles. The van der Waals surface area contributed by atoms with Crippen LogP contribution < -0.4 is 14.8 Å². The van der Waals surface area contributed by atoms with E-state index in [1.807, 2.05) is 33.6 Å². The van der Waals surface area contributed by atoms with Crippen LogP contribution in [0.25, 0.3) is 0 Å². The van der Waals surface area contributed by atoms with E-state index in [-0.39, 0.29) is 37.4 Å². The van der Waals surface area contributed by atoms with E-state index in [1.54, 1.807) is 18.2 Å². The fraction of sp³-hybridized carbons (Fsp3) is 0.552. The first-order valence-corrected chi connectivity index (χ1v) is 14.6. The number of halogens is 1. The van der Waals surface area contributed by atoms with Gasteiger partial charge in [0.1, 0.15) is 18.5 Å². The maximum Gasteiger partial charge on any atom is 0.247 e. The van der Waals surface area contributed by atoms with Crippen LogP contribution in [0.1, 0.15) is 68.1 Å². The van der Waals surface area contributed by atoms with Gasteiger partial charge >= 0.3 is 0 Å². The monoisotopic (exact) mass is 654 g/mol. The Morgan fingerprint density at radius 1 is 1.26 bits per heavy atom. The first kappa shape index (κ1) is 31.1. The molecule has 3 rings (SSSR count). The number of amides is 2. The molecule has 1 aromatic rings. The molecule has 3 N–H and O–H groups in total. The van der Waals surface area contributed by atoms with Crippen molar-refractivity contribution in [2.75, 3.05) is 20.3 Å². The third-order valence-electron chi connectivity index (χ3n) is 7.27. The summed E-state index contributed by atoms with van der Waals surface area (Å²) >= 11 is 2.04. The second-order valence-corrected chi connectivity index (χ2v) is 11.1. The van der Waals surface area contributed by atoms with Gasteiger partial charge in [-0.3, -0.25) is 14.4 Å². The van der Waals surface area contributed by atoms with Gasteiger partial charge in [0.05, 0.1) is 23.3 Å². The third kappa shape index (κ3) is 8.04. The highest BCUT2D eigenvalue weighted by Crippen LogP contribution is 2.38. The molecule has 0 aromatic heterocycles. The molecule has 1 saturated carbocycles. The van der Waals surface area contributed by atoms with Crippen LogP contribution in [0.2, 0.25) is 0 Å². The van der Waals surface area contributed by atoms with Crippen molar-refractivity contribution in [1.82, 2.24) is 10.2 Å². The van der Waals surface area contributed by atoms with Gasteiger partial charge in [-0.25, -0.2) is 0 Å². The van der Waals surface area contributed by atoms with E-state index < -0.39 is 18.2 Å². The van der Waals surface area contributed by atoms with Crippen LogP contribution in [0.3, 0.4) is 0 Å². The van der Waals surface area contributed by atoms with Crippen LogP contribution in [0.4, 0.5) is 0 Å². The number of hydrogen-bond acceptors (Lipinski definition) is 7. The highest BCUT2D eigenvalue weighted by atomic mass is 127. The highest BCUT2D eigenvalue weighted by Gasteiger charge is 2.43. The minimum Gasteiger partial charge on any atom is -0.493 e. The lowest BCUT2D eigenvalue weighted by molar-refractivity contribution is -0.142. The van der Waals surface area contributed by atoms with Crippen molar-refractivity contribution in [2.24, 2.45) is 0 Å². The number of allylic oxidation sites excluding steroid dienone is 1. The van der Waals surface area contributed by atoms with Gasteiger partial charge in [0.2, 0.25) is 11.8 Å². The number of ether oxygens (including phenoxy) is 2. The molecule has 0 radical (unpaired) electrons. The summed E-state index contributed by atoms with van der Waals surface area (Å²) < 4.78 is 12.4. The van der Waals surface area contributed by atoms with Gasteiger partial charge in [-0.1, -0.05) is 18.9 Å². The second kappa shape index (κ2) is 15.4. The lowest BCUT2D eigenvalue weighted by Crippen LogP contribution is -2.57. The van der Waals surface area contributed by atoms with Crippen LogP contribution in [0, 0.1) is 3.57 Å². The van der Waals surface area contributed by atoms with Crippen LogP contribution >= 0.6 is 22.6 Å². The Labute approximate surface area is 243 Å². The Morgan fingerprint density at radius 3 is 2.64 bits per heavy atom. The zero-order chi connectivity index (χ0) is 28.4. The number of nitrogens with zero attached hydrogens (tertiary/aromatic N) is 1. The molecular weight excluding hydrogens is 615 g/mol. The first-order chi connectivity index (χ1) is 18.8. The average Bonchev–Trinajstić information content (AvgIpc) is 3.46. The quantitative estimate of drug-likeness (QED) is 0.121. The van der Waals surface area contributed by atoms with Crippen molar-refractivity contribution in [3.8, 4) is 11.5 Å². The largest absolute Gasteiger partial charge is 0.493 e. The van der Waals surface area contributed by atoms with E-state index in [2.05, 4.69) is 11.9 Å². The molecule has 214 valence electrons. The summed E-state index contributed by atoms with van der Waals surface area (Å²) in [6.45, 7) is 3.63. The smallest absolute Gasteiger partial charge is 0.247 e. The van der Waals surface area contributed by atoms with Crippen LogP contribution in [0.15, 0.2) is 36.4 Å². The van der Waals surface area contributed by atoms with Crippen LogP contribution in [-0.4, -0.2) is 77.8 Å². The second-order valence-electron chi connectivity index (χ2n) is 9.94. The molecule has 0 bridgehead atoms. The van der Waals surface area contributed by atoms with Crippen LogP contribution in [-0.2, 0) is 9.59 Å². The molecule has 3 atom stereocenters. The van der Waals surface area contributed by atoms with E-state index in [4.69, 9.17) is 9.47 Å². The molecule has 2 amide bonds. The number of unbranched alkanes of at least 4 members (excludes halogenated alkanes) is 2. The molecule has 0 spiro atoms. The molecule has 9 nitrogen and oxygen atoms in total. The Hall–Kier alpha value is -2.44. The van der Waals surface area contributed by atoms with Crippen LogP contribution in [0.5, 0.6) is 11.5 Å². The summed E-state index contributed by atoms with van der Waals surface area (Å²) in [5, 5.41) is 23.6. The predicted molar refractivity (Wildman–Crippen MR) is 156 cm³/mol. The number of carbonyl (C=O) groups excluding carboxylic acids is 3. The molecule has 10 heteroatoms. The van der Waals surface area contributed by atoms with Gasteiger partial charge in [0.25, 0.3) is 0 Å². The summed E-state index contributed by atoms with van der Waals surface area (Å²) in [6.07, 6.45) is 8.71. The van der Waals surface area contributed by atoms with Crippen molar-refractivity contribution in [3.05, 3.63) is 45.6 Å². The molecule has 2 aliphatic rings. The Kier molecular flexibility index (Phi) is 12.3. The minimum atomic E-state index is -1.11. The number of hydrogen-bond donors (Lipinski definition) is 3. The molecular formula is C29H39IN2O7. The maximum absolute atomic E-state index is 13.6. The molecule has 1 fully saturated rings. The van der Waals surface area contributed by atoms with Gasteiger partial charge in [-0.2, -0.15) is 0 Å². The van der Waals surface area contributed by atoms with Crippen molar-refractivity contribution in [2.45, 2.75) is 82.1 Å². The average molecular weight is 655 g/mol. The summed E-state index contributed by atoms with van der Waals surface area (Å²) in [7, 11) is 1.46. The third-order valence-corrected chi connectivity index (χ3v) is 8.07. The first-order valence-electron chi connectivity index (χ1n) is 13.5. The van der Waals surface area contributed by atoms with Gasteiger partial charge in [-0.15, -0.1) is 6.58 Å². The van der Waals surface area contributed by atoms with Gasteiger partial charge < -0.3 is 29.9 Å². The number of carbonyl (C=O) groups is 3. The number of nitrogens with one attached hydrogen (secondary N) is 1. The predicted octanol–water partition coefficient (Wildman–Crippen LogP) is 3.55. The Bertz CT molecular complexity index is 1050. The summed E-state index contributed by atoms with van der Waals surface area (Å²) in [5.74, 6) is 0.248. The SMILES string of the molecule is C=CCCCCC(=O)N(C1CCCC1)[C@@H]1CC(C(=O)NCCO)=C[C@H](Oc2c(I)cc(C=O)cc2OC)[C@H]1O. The van der Waals surface area contributed by atoms with E-state index in [0.29, 0.717) is 38.9 Å². The summed E-state index contributed by atoms with van der Waals surface area (Å²) in [6, 6.07) is 2.52. The zero-order valence-corrected chi connectivity index (χ0v) is 24.6. The molecule has 0 unspecified atom stereocenters. The lowest BCUT2D eigenvalue weighted by Gasteiger charge is -2.43. The van der Waals surface area contributed by atoms with Gasteiger partial charge in [-0.05, 0) is 72.9 Å². The minimum absolute atomic E-state index is 0.0152. The van der Waals surface area contributed by atoms with E-state index in [1.165, 1.54) is 7.11 Å². The van der Waals surface area contributed by atoms with E-state index in [9.17, 15) is 24.6 Å². The number of aliphatic hydroxyl groups excluding tert-OH is 2. The topological polar surface area (TPSA) is 125 Å². The number of aldehydes is 1. The summed E-state index contributed by atoms with van der Waals surface area (Å²) in [5.41, 5.74) is 0.796. The highest BCUT2D eigenvalue weighted by molar-refractivity contribution is 14.1. The Morgan fingerprint density at radius 2 is 2.00 bits per heavy atom. The number of methoxy groups -OCH3 is 1. The van der Waals surface area contributed by atoms with Crippen molar-refractivity contribution >= 4 is 40.7 Å². The standard InChI is InChI=1S/C29H39IN2O7/c1-3-4-5-6-11-26(35)32(21-9-7-8-10-21)23-16-20(29(37)31-12-13-33)17-24(27(23)36)39-28-22(30)14-19(18-34)15-25(28)38-2/h3,14-15,17-18,21,23-24,27,33,36H,1,4-13,16H2,2H3,(H,31,37)/t23-,24+,27+/m1/s1. The van der Waals surface area contributed by atoms with Crippen molar-refractivity contribution in [1.29, 1.82) is 0 Å². The zero-order valence-electron chi connectivity index (χ0n) is 22.4. The molecule has 2 aliphatic carbocycles. The number of aliphatic hydroxyl groups is 2.